The van der Waals surface area contributed by atoms with E-state index in [1.165, 1.54) is 128 Å². The second-order valence-electron chi connectivity index (χ2n) is 17.4. The van der Waals surface area contributed by atoms with E-state index in [4.69, 9.17) is 14.2 Å². The summed E-state index contributed by atoms with van der Waals surface area (Å²) in [7, 11) is 0. The first-order valence-electron chi connectivity index (χ1n) is 26.4. The van der Waals surface area contributed by atoms with Crippen LogP contribution in [0.4, 0.5) is 0 Å². The molecule has 6 nitrogen and oxygen atoms in total. The molecule has 362 valence electrons. The molecule has 6 heteroatoms. The Morgan fingerprint density at radius 2 is 0.635 bits per heavy atom. The van der Waals surface area contributed by atoms with Gasteiger partial charge in [-0.25, -0.2) is 0 Å². The van der Waals surface area contributed by atoms with Gasteiger partial charge < -0.3 is 14.2 Å². The number of ether oxygens (including phenoxy) is 3. The van der Waals surface area contributed by atoms with Crippen molar-refractivity contribution in [2.45, 2.75) is 258 Å². The Bertz CT molecular complexity index is 1190. The molecule has 0 aliphatic heterocycles. The average Bonchev–Trinajstić information content (AvgIpc) is 3.28. The monoisotopic (exact) mass is 879 g/mol. The highest BCUT2D eigenvalue weighted by atomic mass is 16.6. The fraction of sp³-hybridized carbons (Fsp3) is 0.737. The van der Waals surface area contributed by atoms with Gasteiger partial charge in [-0.05, 0) is 83.5 Å². The van der Waals surface area contributed by atoms with Gasteiger partial charge in [0.15, 0.2) is 6.10 Å². The third kappa shape index (κ3) is 49.7. The molecule has 0 saturated heterocycles. The Kier molecular flexibility index (Phi) is 48.9. The van der Waals surface area contributed by atoms with E-state index in [1.54, 1.807) is 0 Å². The summed E-state index contributed by atoms with van der Waals surface area (Å²) in [6.45, 7) is 6.47. The molecule has 0 heterocycles. The van der Waals surface area contributed by atoms with Crippen LogP contribution < -0.4 is 0 Å². The van der Waals surface area contributed by atoms with Gasteiger partial charge in [-0.3, -0.25) is 14.4 Å². The minimum absolute atomic E-state index is 0.0931. The molecular formula is C57H98O6. The normalized spacial score (nSPS) is 12.6. The van der Waals surface area contributed by atoms with Gasteiger partial charge in [0.05, 0.1) is 0 Å². The van der Waals surface area contributed by atoms with Crippen molar-refractivity contribution in [1.29, 1.82) is 0 Å². The highest BCUT2D eigenvalue weighted by molar-refractivity contribution is 5.71. The maximum Gasteiger partial charge on any atom is 0.306 e. The SMILES string of the molecule is CC/C=C\C/C=C\C/C=C\C/C=C\C/C=C\CCCC(=O)OC[C@@H](COC(=O)CCCCCCCCCCCCC)OC(=O)CCCCCCCCC/C=C\CCCCCCCC. The molecule has 0 saturated carbocycles. The molecule has 0 aliphatic carbocycles. The molecule has 0 radical (unpaired) electrons. The van der Waals surface area contributed by atoms with Crippen molar-refractivity contribution in [3.63, 3.8) is 0 Å². The summed E-state index contributed by atoms with van der Waals surface area (Å²) in [5, 5.41) is 0. The molecule has 0 N–H and O–H groups in total. The molecule has 0 bridgehead atoms. The zero-order chi connectivity index (χ0) is 45.8. The number of unbranched alkanes of at least 4 members (excludes halogenated alkanes) is 24. The van der Waals surface area contributed by atoms with Gasteiger partial charge in [-0.1, -0.05) is 222 Å². The molecule has 0 aliphatic rings. The lowest BCUT2D eigenvalue weighted by atomic mass is 10.1. The number of hydrogen-bond acceptors (Lipinski definition) is 6. The highest BCUT2D eigenvalue weighted by Crippen LogP contribution is 2.15. The molecule has 0 spiro atoms. The fourth-order valence-corrected chi connectivity index (χ4v) is 7.24. The van der Waals surface area contributed by atoms with Crippen molar-refractivity contribution in [2.75, 3.05) is 13.2 Å². The molecule has 63 heavy (non-hydrogen) atoms. The van der Waals surface area contributed by atoms with Crippen LogP contribution in [0.1, 0.15) is 252 Å². The van der Waals surface area contributed by atoms with Crippen LogP contribution in [-0.4, -0.2) is 37.2 Å². The standard InChI is InChI=1S/C57H98O6/c1-4-7-10-13-16-19-22-24-26-28-30-32-35-38-41-44-47-50-56(59)62-53-54(52-61-55(58)49-46-43-40-37-34-21-18-15-12-9-6-3)63-57(60)51-48-45-42-39-36-33-31-29-27-25-23-20-17-14-11-8-5-2/h7,10,16,19,24-27,30,32,38,41,54H,4-6,8-9,11-15,17-18,20-23,28-29,31,33-37,39-40,42-53H2,1-3H3/b10-7-,19-16-,26-24-,27-25-,32-30-,41-38-/t54-/m1/s1. The summed E-state index contributed by atoms with van der Waals surface area (Å²) >= 11 is 0. The summed E-state index contributed by atoms with van der Waals surface area (Å²) in [5.41, 5.74) is 0. The van der Waals surface area contributed by atoms with Crippen LogP contribution in [0.5, 0.6) is 0 Å². The predicted molar refractivity (Wildman–Crippen MR) is 270 cm³/mol. The summed E-state index contributed by atoms with van der Waals surface area (Å²) < 4.78 is 16.8. The van der Waals surface area contributed by atoms with E-state index >= 15 is 0 Å². The fourth-order valence-electron chi connectivity index (χ4n) is 7.24. The maximum atomic E-state index is 12.8. The number of carbonyl (C=O) groups excluding carboxylic acids is 3. The molecule has 0 fully saturated rings. The lowest BCUT2D eigenvalue weighted by molar-refractivity contribution is -0.167. The van der Waals surface area contributed by atoms with Gasteiger partial charge in [0.25, 0.3) is 0 Å². The van der Waals surface area contributed by atoms with E-state index in [1.807, 2.05) is 0 Å². The largest absolute Gasteiger partial charge is 0.462 e. The third-order valence-electron chi connectivity index (χ3n) is 11.2. The van der Waals surface area contributed by atoms with Crippen LogP contribution in [-0.2, 0) is 28.6 Å². The molecule has 0 aromatic heterocycles. The van der Waals surface area contributed by atoms with Crippen LogP contribution in [0, 0.1) is 0 Å². The zero-order valence-corrected chi connectivity index (χ0v) is 41.3. The minimum atomic E-state index is -0.798. The van der Waals surface area contributed by atoms with Gasteiger partial charge in [0.1, 0.15) is 13.2 Å². The van der Waals surface area contributed by atoms with Gasteiger partial charge in [-0.2, -0.15) is 0 Å². The summed E-state index contributed by atoms with van der Waals surface area (Å²) in [6, 6.07) is 0. The predicted octanol–water partition coefficient (Wildman–Crippen LogP) is 17.4. The van der Waals surface area contributed by atoms with Crippen LogP contribution in [0.25, 0.3) is 0 Å². The number of carbonyl (C=O) groups is 3. The minimum Gasteiger partial charge on any atom is -0.462 e. The molecular weight excluding hydrogens is 781 g/mol. The number of allylic oxidation sites excluding steroid dienone is 12. The van der Waals surface area contributed by atoms with Crippen molar-refractivity contribution < 1.29 is 28.6 Å². The van der Waals surface area contributed by atoms with Crippen molar-refractivity contribution >= 4 is 17.9 Å². The van der Waals surface area contributed by atoms with Gasteiger partial charge >= 0.3 is 17.9 Å². The topological polar surface area (TPSA) is 78.9 Å². The van der Waals surface area contributed by atoms with Gasteiger partial charge in [-0.15, -0.1) is 0 Å². The quantitative estimate of drug-likeness (QED) is 0.0262. The smallest absolute Gasteiger partial charge is 0.306 e. The average molecular weight is 879 g/mol. The Hall–Kier alpha value is -3.15. The van der Waals surface area contributed by atoms with Crippen LogP contribution in [0.3, 0.4) is 0 Å². The van der Waals surface area contributed by atoms with E-state index < -0.39 is 6.10 Å². The molecule has 0 rings (SSSR count). The Morgan fingerprint density at radius 3 is 1.05 bits per heavy atom. The maximum absolute atomic E-state index is 12.8. The van der Waals surface area contributed by atoms with E-state index in [2.05, 4.69) is 93.7 Å². The summed E-state index contributed by atoms with van der Waals surface area (Å²) in [6.07, 6.45) is 64.6. The molecule has 0 amide bonds. The zero-order valence-electron chi connectivity index (χ0n) is 41.3. The van der Waals surface area contributed by atoms with E-state index in [-0.39, 0.29) is 37.5 Å². The second-order valence-corrected chi connectivity index (χ2v) is 17.4. The number of rotatable bonds is 47. The van der Waals surface area contributed by atoms with E-state index in [9.17, 15) is 14.4 Å². The second kappa shape index (κ2) is 51.5. The Morgan fingerprint density at radius 1 is 0.333 bits per heavy atom. The Balaban J connectivity index is 4.45. The van der Waals surface area contributed by atoms with E-state index in [0.717, 1.165) is 77.0 Å². The van der Waals surface area contributed by atoms with Crippen LogP contribution in [0.2, 0.25) is 0 Å². The van der Waals surface area contributed by atoms with Crippen molar-refractivity contribution in [3.8, 4) is 0 Å². The lowest BCUT2D eigenvalue weighted by Crippen LogP contribution is -2.30. The molecule has 0 aromatic carbocycles. The van der Waals surface area contributed by atoms with Crippen molar-refractivity contribution in [3.05, 3.63) is 72.9 Å². The lowest BCUT2D eigenvalue weighted by Gasteiger charge is -2.18. The number of hydrogen-bond donors (Lipinski definition) is 0. The summed E-state index contributed by atoms with van der Waals surface area (Å²) in [5.74, 6) is -0.956. The Labute approximate surface area is 389 Å². The van der Waals surface area contributed by atoms with Gasteiger partial charge in [0, 0.05) is 19.3 Å². The number of esters is 3. The van der Waals surface area contributed by atoms with E-state index in [0.29, 0.717) is 19.3 Å². The molecule has 1 atom stereocenters. The first-order valence-corrected chi connectivity index (χ1v) is 26.4. The van der Waals surface area contributed by atoms with Crippen LogP contribution in [0.15, 0.2) is 72.9 Å². The third-order valence-corrected chi connectivity index (χ3v) is 11.2. The first-order chi connectivity index (χ1) is 31.0. The van der Waals surface area contributed by atoms with Crippen LogP contribution >= 0.6 is 0 Å². The first kappa shape index (κ1) is 59.9. The van der Waals surface area contributed by atoms with Gasteiger partial charge in [0.2, 0.25) is 0 Å². The summed E-state index contributed by atoms with van der Waals surface area (Å²) in [4.78, 5) is 38.0. The molecule has 0 aromatic rings. The highest BCUT2D eigenvalue weighted by Gasteiger charge is 2.19. The molecule has 0 unspecified atom stereocenters. The van der Waals surface area contributed by atoms with Crippen molar-refractivity contribution in [1.82, 2.24) is 0 Å². The van der Waals surface area contributed by atoms with Crippen molar-refractivity contribution in [2.24, 2.45) is 0 Å².